The molecule has 0 bridgehead atoms. The molecule has 2 N–H and O–H groups in total. The van der Waals surface area contributed by atoms with Gasteiger partial charge in [0.1, 0.15) is 0 Å². The average Bonchev–Trinajstić information content (AvgIpc) is 2.04. The van der Waals surface area contributed by atoms with E-state index in [9.17, 15) is 0 Å². The molecule has 0 saturated heterocycles. The lowest BCUT2D eigenvalue weighted by atomic mass is 10.3. The van der Waals surface area contributed by atoms with Crippen LogP contribution in [0.5, 0.6) is 0 Å². The summed E-state index contributed by atoms with van der Waals surface area (Å²) in [6.45, 7) is 2.15. The fourth-order valence-corrected chi connectivity index (χ4v) is 0.620. The topological polar surface area (TPSA) is 50.7 Å². The second kappa shape index (κ2) is 7.60. The SMILES string of the molecule is CCCC/C=N/N=C(\N)SC. The van der Waals surface area contributed by atoms with Gasteiger partial charge in [-0.3, -0.25) is 0 Å². The Morgan fingerprint density at radius 3 is 2.91 bits per heavy atom. The summed E-state index contributed by atoms with van der Waals surface area (Å²) in [5, 5.41) is 8.05. The Bertz CT molecular complexity index is 143. The van der Waals surface area contributed by atoms with Crippen LogP contribution < -0.4 is 5.73 Å². The highest BCUT2D eigenvalue weighted by molar-refractivity contribution is 8.13. The number of nitrogens with two attached hydrogens (primary N) is 1. The van der Waals surface area contributed by atoms with Gasteiger partial charge in [-0.05, 0) is 19.1 Å². The van der Waals surface area contributed by atoms with Crippen molar-refractivity contribution in [3.63, 3.8) is 0 Å². The molecule has 4 heteroatoms. The maximum Gasteiger partial charge on any atom is 0.180 e. The fraction of sp³-hybridized carbons (Fsp3) is 0.714. The molecule has 0 aliphatic heterocycles. The van der Waals surface area contributed by atoms with Crippen LogP contribution >= 0.6 is 11.8 Å². The quantitative estimate of drug-likeness (QED) is 0.305. The van der Waals surface area contributed by atoms with Crippen LogP contribution in [-0.2, 0) is 0 Å². The van der Waals surface area contributed by atoms with E-state index in [2.05, 4.69) is 17.1 Å². The third kappa shape index (κ3) is 7.39. The molecule has 0 aromatic heterocycles. The van der Waals surface area contributed by atoms with Crippen LogP contribution in [-0.4, -0.2) is 17.6 Å². The first-order valence-corrected chi connectivity index (χ1v) is 4.92. The van der Waals surface area contributed by atoms with Crippen molar-refractivity contribution in [3.8, 4) is 0 Å². The van der Waals surface area contributed by atoms with Gasteiger partial charge >= 0.3 is 0 Å². The second-order valence-electron chi connectivity index (χ2n) is 2.08. The number of hydrogen-bond acceptors (Lipinski definition) is 3. The number of amidine groups is 1. The number of hydrogen-bond donors (Lipinski definition) is 1. The van der Waals surface area contributed by atoms with Crippen molar-refractivity contribution < 1.29 is 0 Å². The number of nitrogens with zero attached hydrogens (tertiary/aromatic N) is 2. The van der Waals surface area contributed by atoms with E-state index >= 15 is 0 Å². The molecule has 0 rings (SSSR count). The molecular weight excluding hydrogens is 158 g/mol. The summed E-state index contributed by atoms with van der Waals surface area (Å²) in [7, 11) is 0. The van der Waals surface area contributed by atoms with Gasteiger partial charge in [-0.15, -0.1) is 5.10 Å². The third-order valence-electron chi connectivity index (χ3n) is 1.13. The molecular formula is C7H15N3S. The molecule has 0 radical (unpaired) electrons. The summed E-state index contributed by atoms with van der Waals surface area (Å²) in [5.41, 5.74) is 5.39. The zero-order valence-corrected chi connectivity index (χ0v) is 7.90. The molecule has 0 unspecified atom stereocenters. The maximum absolute atomic E-state index is 5.39. The van der Waals surface area contributed by atoms with Gasteiger partial charge in [0.05, 0.1) is 0 Å². The molecule has 0 atom stereocenters. The smallest absolute Gasteiger partial charge is 0.180 e. The summed E-state index contributed by atoms with van der Waals surface area (Å²) >= 11 is 1.40. The molecule has 0 heterocycles. The lowest BCUT2D eigenvalue weighted by Gasteiger charge is -1.88. The van der Waals surface area contributed by atoms with Gasteiger partial charge in [-0.2, -0.15) is 5.10 Å². The van der Waals surface area contributed by atoms with Crippen molar-refractivity contribution in [1.82, 2.24) is 0 Å². The lowest BCUT2D eigenvalue weighted by Crippen LogP contribution is -2.03. The molecule has 0 amide bonds. The zero-order valence-electron chi connectivity index (χ0n) is 7.08. The number of rotatable bonds is 4. The predicted molar refractivity (Wildman–Crippen MR) is 53.2 cm³/mol. The van der Waals surface area contributed by atoms with Gasteiger partial charge in [-0.25, -0.2) is 0 Å². The summed E-state index contributed by atoms with van der Waals surface area (Å²) in [6, 6.07) is 0. The van der Waals surface area contributed by atoms with Crippen LogP contribution in [0.1, 0.15) is 26.2 Å². The molecule has 11 heavy (non-hydrogen) atoms. The van der Waals surface area contributed by atoms with Crippen molar-refractivity contribution >= 4 is 23.1 Å². The Hall–Kier alpha value is -0.510. The Balaban J connectivity index is 3.42. The van der Waals surface area contributed by atoms with Crippen LogP contribution in [0.25, 0.3) is 0 Å². The Morgan fingerprint density at radius 2 is 2.36 bits per heavy atom. The van der Waals surface area contributed by atoms with E-state index < -0.39 is 0 Å². The largest absolute Gasteiger partial charge is 0.377 e. The maximum atomic E-state index is 5.39. The molecule has 3 nitrogen and oxygen atoms in total. The second-order valence-corrected chi connectivity index (χ2v) is 2.91. The van der Waals surface area contributed by atoms with Gasteiger partial charge in [0, 0.05) is 6.21 Å². The van der Waals surface area contributed by atoms with Gasteiger partial charge in [0.2, 0.25) is 0 Å². The van der Waals surface area contributed by atoms with Crippen LogP contribution in [0, 0.1) is 0 Å². The average molecular weight is 173 g/mol. The van der Waals surface area contributed by atoms with E-state index in [1.165, 1.54) is 18.2 Å². The standard InChI is InChI=1S/C7H15N3S/c1-3-4-5-6-9-10-7(8)11-2/h6H,3-5H2,1-2H3,(H2,8,10)/b9-6+. The summed E-state index contributed by atoms with van der Waals surface area (Å²) in [5.74, 6) is 0. The molecule has 64 valence electrons. The molecule has 0 spiro atoms. The molecule has 0 aromatic rings. The van der Waals surface area contributed by atoms with Crippen LogP contribution in [0.15, 0.2) is 10.2 Å². The highest BCUT2D eigenvalue weighted by atomic mass is 32.2. The summed E-state index contributed by atoms with van der Waals surface area (Å²) in [4.78, 5) is 0. The zero-order chi connectivity index (χ0) is 8.53. The molecule has 0 saturated carbocycles. The summed E-state index contributed by atoms with van der Waals surface area (Å²) in [6.07, 6.45) is 7.01. The predicted octanol–water partition coefficient (Wildman–Crippen LogP) is 1.84. The fourth-order valence-electron chi connectivity index (χ4n) is 0.492. The van der Waals surface area contributed by atoms with Crippen LogP contribution in [0.2, 0.25) is 0 Å². The van der Waals surface area contributed by atoms with E-state index in [-0.39, 0.29) is 0 Å². The Morgan fingerprint density at radius 1 is 1.64 bits per heavy atom. The van der Waals surface area contributed by atoms with E-state index in [1.807, 2.05) is 6.26 Å². The number of thioether (sulfide) groups is 1. The van der Waals surface area contributed by atoms with Gasteiger partial charge in [0.25, 0.3) is 0 Å². The molecule has 0 aliphatic carbocycles. The van der Waals surface area contributed by atoms with Gasteiger partial charge < -0.3 is 5.73 Å². The van der Waals surface area contributed by atoms with Crippen molar-refractivity contribution in [1.29, 1.82) is 0 Å². The molecule has 0 aliphatic rings. The van der Waals surface area contributed by atoms with Crippen molar-refractivity contribution in [2.45, 2.75) is 26.2 Å². The normalized spacial score (nSPS) is 12.7. The van der Waals surface area contributed by atoms with Crippen LogP contribution in [0.4, 0.5) is 0 Å². The molecule has 0 aromatic carbocycles. The lowest BCUT2D eigenvalue weighted by molar-refractivity contribution is 0.841. The van der Waals surface area contributed by atoms with E-state index in [0.29, 0.717) is 5.17 Å². The third-order valence-corrected chi connectivity index (χ3v) is 1.63. The number of unbranched alkanes of at least 4 members (excludes halogenated alkanes) is 2. The Labute approximate surface area is 72.2 Å². The van der Waals surface area contributed by atoms with Gasteiger partial charge in [0.15, 0.2) is 5.17 Å². The minimum Gasteiger partial charge on any atom is -0.377 e. The van der Waals surface area contributed by atoms with Crippen molar-refractivity contribution in [2.75, 3.05) is 6.26 Å². The first-order chi connectivity index (χ1) is 5.31. The minimum atomic E-state index is 0.512. The molecule has 0 fully saturated rings. The van der Waals surface area contributed by atoms with Crippen molar-refractivity contribution in [3.05, 3.63) is 0 Å². The summed E-state index contributed by atoms with van der Waals surface area (Å²) < 4.78 is 0. The minimum absolute atomic E-state index is 0.512. The van der Waals surface area contributed by atoms with Crippen molar-refractivity contribution in [2.24, 2.45) is 15.9 Å². The Kier molecular flexibility index (Phi) is 7.24. The highest BCUT2D eigenvalue weighted by Gasteiger charge is 1.82. The first-order valence-electron chi connectivity index (χ1n) is 3.70. The highest BCUT2D eigenvalue weighted by Crippen LogP contribution is 1.92. The monoisotopic (exact) mass is 173 g/mol. The van der Waals surface area contributed by atoms with Crippen LogP contribution in [0.3, 0.4) is 0 Å². The van der Waals surface area contributed by atoms with E-state index in [0.717, 1.165) is 12.8 Å². The first kappa shape index (κ1) is 10.5. The van der Waals surface area contributed by atoms with E-state index in [4.69, 9.17) is 5.73 Å². The van der Waals surface area contributed by atoms with E-state index in [1.54, 1.807) is 6.21 Å². The van der Waals surface area contributed by atoms with Gasteiger partial charge in [-0.1, -0.05) is 25.1 Å².